The Balaban J connectivity index is 1.02. The van der Waals surface area contributed by atoms with E-state index in [1.807, 2.05) is 66.7 Å². The summed E-state index contributed by atoms with van der Waals surface area (Å²) in [5.74, 6) is -0.479. The number of aliphatic hydroxyl groups excluding tert-OH is 1. The molecule has 48 heavy (non-hydrogen) atoms. The number of carboxylic acid groups (broad SMARTS) is 1. The zero-order chi connectivity index (χ0) is 33.6. The molecule has 0 aliphatic heterocycles. The number of pyridine rings is 1. The number of aryl methyl sites for hydroxylation is 2. The van der Waals surface area contributed by atoms with E-state index in [0.29, 0.717) is 40.8 Å². The summed E-state index contributed by atoms with van der Waals surface area (Å²) in [5, 5.41) is 36.6. The summed E-state index contributed by atoms with van der Waals surface area (Å²) in [6.45, 7) is 1.15. The maximum Gasteiger partial charge on any atom is 0.419 e. The summed E-state index contributed by atoms with van der Waals surface area (Å²) < 4.78 is 7.19. The number of phenols is 1. The van der Waals surface area contributed by atoms with Crippen LogP contribution in [0.15, 0.2) is 105 Å². The number of oxazole rings is 1. The van der Waals surface area contributed by atoms with Crippen molar-refractivity contribution in [3.8, 4) is 16.9 Å². The third kappa shape index (κ3) is 7.33. The molecule has 6 N–H and O–H groups in total. The van der Waals surface area contributed by atoms with Crippen molar-refractivity contribution < 1.29 is 24.5 Å². The summed E-state index contributed by atoms with van der Waals surface area (Å²) in [4.78, 5) is 38.4. The summed E-state index contributed by atoms with van der Waals surface area (Å²) in [6, 6.07) is 27.1. The van der Waals surface area contributed by atoms with Gasteiger partial charge in [0.2, 0.25) is 5.56 Å². The molecule has 0 saturated carbocycles. The third-order valence-electron chi connectivity index (χ3n) is 8.42. The van der Waals surface area contributed by atoms with Crippen molar-refractivity contribution in [3.63, 3.8) is 0 Å². The minimum Gasteiger partial charge on any atom is -0.506 e. The highest BCUT2D eigenvalue weighted by atomic mass is 16.4. The number of carbonyl (C=O) groups is 1. The second-order valence-electron chi connectivity index (χ2n) is 11.7. The molecule has 6 rings (SSSR count). The van der Waals surface area contributed by atoms with Gasteiger partial charge in [-0.15, -0.1) is 0 Å². The molecule has 2 aromatic heterocycles. The zero-order valence-corrected chi connectivity index (χ0v) is 26.1. The van der Waals surface area contributed by atoms with E-state index < -0.39 is 18.0 Å². The normalized spacial score (nSPS) is 12.0. The molecule has 0 fully saturated rings. The Morgan fingerprint density at radius 1 is 0.896 bits per heavy atom. The van der Waals surface area contributed by atoms with Gasteiger partial charge in [-0.3, -0.25) is 14.7 Å². The van der Waals surface area contributed by atoms with Crippen molar-refractivity contribution in [1.82, 2.24) is 14.9 Å². The lowest BCUT2D eigenvalue weighted by molar-refractivity contribution is 0.176. The van der Waals surface area contributed by atoms with E-state index in [2.05, 4.69) is 15.6 Å². The lowest BCUT2D eigenvalue weighted by atomic mass is 9.99. The first-order valence-electron chi connectivity index (χ1n) is 15.8. The van der Waals surface area contributed by atoms with Crippen LogP contribution in [0.4, 0.5) is 10.5 Å². The largest absolute Gasteiger partial charge is 0.506 e. The minimum absolute atomic E-state index is 0.0656. The van der Waals surface area contributed by atoms with Crippen LogP contribution in [0, 0.1) is 0 Å². The molecule has 0 saturated heterocycles. The van der Waals surface area contributed by atoms with Crippen molar-refractivity contribution >= 4 is 33.8 Å². The number of H-pyrrole nitrogens is 1. The van der Waals surface area contributed by atoms with Crippen LogP contribution < -0.4 is 21.9 Å². The fraction of sp³-hybridized carbons (Fsp3) is 0.216. The molecule has 0 spiro atoms. The van der Waals surface area contributed by atoms with Crippen LogP contribution in [0.25, 0.3) is 33.1 Å². The average Bonchev–Trinajstić information content (AvgIpc) is 3.39. The fourth-order valence-corrected chi connectivity index (χ4v) is 6.06. The molecule has 2 heterocycles. The van der Waals surface area contributed by atoms with Crippen LogP contribution in [-0.4, -0.2) is 37.5 Å². The first kappa shape index (κ1) is 32.3. The number of rotatable bonds is 13. The van der Waals surface area contributed by atoms with Gasteiger partial charge in [-0.1, -0.05) is 61.0 Å². The van der Waals surface area contributed by atoms with Gasteiger partial charge >= 0.3 is 11.8 Å². The van der Waals surface area contributed by atoms with E-state index in [4.69, 9.17) is 4.42 Å². The first-order valence-corrected chi connectivity index (χ1v) is 15.8. The van der Waals surface area contributed by atoms with Crippen molar-refractivity contribution in [1.29, 1.82) is 0 Å². The molecule has 0 bridgehead atoms. The van der Waals surface area contributed by atoms with Gasteiger partial charge in [0.1, 0.15) is 5.75 Å². The van der Waals surface area contributed by atoms with Gasteiger partial charge in [-0.2, -0.15) is 0 Å². The van der Waals surface area contributed by atoms with E-state index in [9.17, 15) is 29.7 Å². The number of aromatic nitrogens is 2. The number of unbranched alkanes of at least 4 members (excludes halogenated alkanes) is 2. The number of hydrogen-bond acceptors (Lipinski definition) is 7. The first-order chi connectivity index (χ1) is 23.3. The quantitative estimate of drug-likeness (QED) is 0.0812. The molecular weight excluding hydrogens is 612 g/mol. The van der Waals surface area contributed by atoms with E-state index >= 15 is 0 Å². The highest BCUT2D eigenvalue weighted by molar-refractivity contribution is 5.91. The number of fused-ring (bicyclic) bond motifs is 2. The highest BCUT2D eigenvalue weighted by Crippen LogP contribution is 2.30. The van der Waals surface area contributed by atoms with E-state index in [1.54, 1.807) is 16.7 Å². The standard InChI is InChI=1S/C37H36N4O7/c42-31-16-13-27(28-14-17-34(44)40-35(28)31)32(43)22-38-21-24-11-15-30-33(20-24)48-37(47)41(30)18-6-2-3-7-23-10-12-26(25-8-4-1-5-9-25)29(19-23)39-36(45)46/h1,4-5,8-17,19-20,32,38-39,42-43H,2-3,6-7,18,21-22H2,(H,40,44)(H,45,46)/t32-/m1/s1. The Morgan fingerprint density at radius 3 is 2.52 bits per heavy atom. The van der Waals surface area contributed by atoms with Gasteiger partial charge < -0.3 is 30.0 Å². The number of aromatic amines is 1. The van der Waals surface area contributed by atoms with Gasteiger partial charge in [-0.05, 0) is 71.8 Å². The Morgan fingerprint density at radius 2 is 1.71 bits per heavy atom. The number of nitrogens with zero attached hydrogens (tertiary/aromatic N) is 1. The molecule has 0 unspecified atom stereocenters. The number of amides is 1. The summed E-state index contributed by atoms with van der Waals surface area (Å²) in [5.41, 5.74) is 5.95. The Kier molecular flexibility index (Phi) is 9.70. The maximum absolute atomic E-state index is 12.7. The number of benzene rings is 4. The van der Waals surface area contributed by atoms with Crippen LogP contribution >= 0.6 is 0 Å². The van der Waals surface area contributed by atoms with Crippen LogP contribution in [0.1, 0.15) is 42.1 Å². The number of phenolic OH excluding ortho intramolecular Hbond substituents is 1. The summed E-state index contributed by atoms with van der Waals surface area (Å²) in [7, 11) is 0. The highest BCUT2D eigenvalue weighted by Gasteiger charge is 2.15. The molecule has 11 heteroatoms. The Labute approximate surface area is 275 Å². The third-order valence-corrected chi connectivity index (χ3v) is 8.42. The van der Waals surface area contributed by atoms with E-state index in [-0.39, 0.29) is 23.4 Å². The summed E-state index contributed by atoms with van der Waals surface area (Å²) in [6.07, 6.45) is 1.30. The minimum atomic E-state index is -1.11. The predicted octanol–water partition coefficient (Wildman–Crippen LogP) is 6.13. The fourth-order valence-electron chi connectivity index (χ4n) is 6.06. The lowest BCUT2D eigenvalue weighted by Crippen LogP contribution is -2.21. The Bertz CT molecular complexity index is 2190. The predicted molar refractivity (Wildman–Crippen MR) is 184 cm³/mol. The number of hydrogen-bond donors (Lipinski definition) is 6. The number of aromatic hydroxyl groups is 1. The van der Waals surface area contributed by atoms with Crippen molar-refractivity contribution in [2.75, 3.05) is 11.9 Å². The molecule has 11 nitrogen and oxygen atoms in total. The average molecular weight is 649 g/mol. The number of anilines is 1. The second kappa shape index (κ2) is 14.4. The lowest BCUT2D eigenvalue weighted by Gasteiger charge is -2.15. The van der Waals surface area contributed by atoms with Crippen LogP contribution in [0.3, 0.4) is 0 Å². The molecule has 246 valence electrons. The monoisotopic (exact) mass is 648 g/mol. The number of nitrogens with one attached hydrogen (secondary N) is 3. The SMILES string of the molecule is O=C(O)Nc1cc(CCCCCn2c(=O)oc3cc(CNC[C@@H](O)c4ccc(O)c5[nH]c(=O)ccc45)ccc32)ccc1-c1ccccc1. The van der Waals surface area contributed by atoms with Crippen LogP contribution in [-0.2, 0) is 19.5 Å². The number of aliphatic hydroxyl groups is 1. The van der Waals surface area contributed by atoms with Crippen molar-refractivity contribution in [2.24, 2.45) is 0 Å². The molecule has 4 aromatic carbocycles. The molecule has 0 aliphatic rings. The molecule has 0 aliphatic carbocycles. The molecule has 1 atom stereocenters. The molecular formula is C37H36N4O7. The van der Waals surface area contributed by atoms with Gasteiger partial charge in [-0.25, -0.2) is 9.59 Å². The van der Waals surface area contributed by atoms with Gasteiger partial charge in [0.05, 0.1) is 22.8 Å². The molecule has 1 amide bonds. The van der Waals surface area contributed by atoms with E-state index in [1.165, 1.54) is 12.1 Å². The molecule has 6 aromatic rings. The Hall–Kier alpha value is -5.65. The van der Waals surface area contributed by atoms with Crippen molar-refractivity contribution in [3.05, 3.63) is 129 Å². The van der Waals surface area contributed by atoms with E-state index in [0.717, 1.165) is 47.9 Å². The van der Waals surface area contributed by atoms with Gasteiger partial charge in [0.15, 0.2) is 5.58 Å². The zero-order valence-electron chi connectivity index (χ0n) is 26.1. The molecule has 0 radical (unpaired) electrons. The maximum atomic E-state index is 12.7. The van der Waals surface area contributed by atoms with Crippen LogP contribution in [0.2, 0.25) is 0 Å². The summed E-state index contributed by atoms with van der Waals surface area (Å²) >= 11 is 0. The van der Waals surface area contributed by atoms with Gasteiger partial charge in [0.25, 0.3) is 0 Å². The second-order valence-corrected chi connectivity index (χ2v) is 11.7. The van der Waals surface area contributed by atoms with Crippen LogP contribution in [0.5, 0.6) is 5.75 Å². The topological polar surface area (TPSA) is 170 Å². The van der Waals surface area contributed by atoms with Gasteiger partial charge in [0, 0.05) is 36.7 Å². The van der Waals surface area contributed by atoms with Crippen molar-refractivity contribution in [2.45, 2.75) is 44.9 Å². The smallest absolute Gasteiger partial charge is 0.419 e.